The molecule has 1 aromatic heterocycles. The highest BCUT2D eigenvalue weighted by Gasteiger charge is 2.30. The number of anilines is 1. The van der Waals surface area contributed by atoms with Gasteiger partial charge in [0, 0.05) is 48.5 Å². The number of para-hydroxylation sites is 1. The van der Waals surface area contributed by atoms with Crippen LogP contribution in [0.3, 0.4) is 0 Å². The first-order valence-electron chi connectivity index (χ1n) is 8.70. The summed E-state index contributed by atoms with van der Waals surface area (Å²) in [6.07, 6.45) is 5.48. The fourth-order valence-electron chi connectivity index (χ4n) is 4.04. The highest BCUT2D eigenvalue weighted by atomic mass is 32.1. The average Bonchev–Trinajstić information content (AvgIpc) is 3.28. The lowest BCUT2D eigenvalue weighted by atomic mass is 10.0. The molecule has 3 heterocycles. The van der Waals surface area contributed by atoms with Gasteiger partial charge in [-0.05, 0) is 37.8 Å². The van der Waals surface area contributed by atoms with Crippen molar-refractivity contribution in [3.05, 3.63) is 45.9 Å². The molecule has 0 radical (unpaired) electrons. The van der Waals surface area contributed by atoms with Crippen LogP contribution in [0.15, 0.2) is 30.5 Å². The summed E-state index contributed by atoms with van der Waals surface area (Å²) in [5.41, 5.74) is 2.95. The predicted molar refractivity (Wildman–Crippen MR) is 97.3 cm³/mol. The van der Waals surface area contributed by atoms with Crippen LogP contribution in [0.25, 0.3) is 0 Å². The van der Waals surface area contributed by atoms with Crippen molar-refractivity contribution in [2.75, 3.05) is 24.5 Å². The molecular formula is C19H22N4S. The number of hydrogen-bond acceptors (Lipinski definition) is 5. The lowest BCUT2D eigenvalue weighted by molar-refractivity contribution is 0.163. The Morgan fingerprint density at radius 1 is 1.25 bits per heavy atom. The minimum atomic E-state index is 0.358. The zero-order chi connectivity index (χ0) is 16.5. The van der Waals surface area contributed by atoms with Crippen LogP contribution in [0, 0.1) is 11.3 Å². The first-order chi connectivity index (χ1) is 11.8. The molecule has 0 N–H and O–H groups in total. The van der Waals surface area contributed by atoms with Crippen LogP contribution < -0.4 is 4.90 Å². The number of piperidine rings is 1. The summed E-state index contributed by atoms with van der Waals surface area (Å²) in [6, 6.07) is 12.0. The van der Waals surface area contributed by atoms with E-state index in [1.807, 2.05) is 6.20 Å². The first kappa shape index (κ1) is 15.6. The molecule has 5 heteroatoms. The second-order valence-corrected chi connectivity index (χ2v) is 7.76. The zero-order valence-corrected chi connectivity index (χ0v) is 14.8. The molecule has 2 aliphatic heterocycles. The normalized spacial score (nSPS) is 19.9. The van der Waals surface area contributed by atoms with Gasteiger partial charge in [-0.15, -0.1) is 11.3 Å². The fourth-order valence-corrected chi connectivity index (χ4v) is 4.84. The minimum Gasteiger partial charge on any atom is -0.368 e. The first-order valence-corrected chi connectivity index (χ1v) is 9.52. The Bertz CT molecular complexity index is 755. The van der Waals surface area contributed by atoms with Crippen molar-refractivity contribution >= 4 is 17.0 Å². The number of thiazole rings is 1. The number of hydrogen-bond donors (Lipinski definition) is 0. The van der Waals surface area contributed by atoms with Gasteiger partial charge in [0.15, 0.2) is 5.01 Å². The summed E-state index contributed by atoms with van der Waals surface area (Å²) in [5, 5.41) is 9.53. The molecular weight excluding hydrogens is 316 g/mol. The molecule has 2 aliphatic rings. The molecule has 1 aromatic carbocycles. The van der Waals surface area contributed by atoms with Gasteiger partial charge < -0.3 is 4.90 Å². The van der Waals surface area contributed by atoms with Crippen molar-refractivity contribution in [2.45, 2.75) is 38.3 Å². The van der Waals surface area contributed by atoms with Gasteiger partial charge in [0.05, 0.1) is 0 Å². The minimum absolute atomic E-state index is 0.358. The molecule has 0 bridgehead atoms. The quantitative estimate of drug-likeness (QED) is 0.857. The van der Waals surface area contributed by atoms with E-state index in [-0.39, 0.29) is 0 Å². The van der Waals surface area contributed by atoms with Gasteiger partial charge in [0.1, 0.15) is 6.07 Å². The lowest BCUT2D eigenvalue weighted by Gasteiger charge is -2.40. The standard InChI is InChI=1S/C19H22N4S/c1-14(18-13-21-19(12-20)24-18)22-9-7-16(8-10-22)23-11-6-15-4-2-3-5-17(15)23/h2-5,13-14,16H,6-11H2,1H3. The molecule has 1 fully saturated rings. The van der Waals surface area contributed by atoms with E-state index in [1.54, 1.807) is 0 Å². The van der Waals surface area contributed by atoms with Crippen molar-refractivity contribution in [1.29, 1.82) is 5.26 Å². The smallest absolute Gasteiger partial charge is 0.194 e. The maximum Gasteiger partial charge on any atom is 0.194 e. The zero-order valence-electron chi connectivity index (χ0n) is 14.0. The van der Waals surface area contributed by atoms with Crippen LogP contribution >= 0.6 is 11.3 Å². The van der Waals surface area contributed by atoms with Crippen LogP contribution in [0.1, 0.15) is 41.3 Å². The number of rotatable bonds is 3. The molecule has 1 saturated heterocycles. The molecule has 0 aliphatic carbocycles. The summed E-state index contributed by atoms with van der Waals surface area (Å²) < 4.78 is 0. The van der Waals surface area contributed by atoms with Gasteiger partial charge in [-0.25, -0.2) is 4.98 Å². The molecule has 24 heavy (non-hydrogen) atoms. The second-order valence-electron chi connectivity index (χ2n) is 6.69. The summed E-state index contributed by atoms with van der Waals surface area (Å²) in [5.74, 6) is 0. The molecule has 1 atom stereocenters. The Morgan fingerprint density at radius 2 is 2.04 bits per heavy atom. The largest absolute Gasteiger partial charge is 0.368 e. The van der Waals surface area contributed by atoms with Crippen molar-refractivity contribution in [3.63, 3.8) is 0 Å². The molecule has 4 rings (SSSR count). The lowest BCUT2D eigenvalue weighted by Crippen LogP contribution is -2.45. The van der Waals surface area contributed by atoms with Crippen LogP contribution in [-0.2, 0) is 6.42 Å². The summed E-state index contributed by atoms with van der Waals surface area (Å²) >= 11 is 1.53. The van der Waals surface area contributed by atoms with Crippen LogP contribution in [0.4, 0.5) is 5.69 Å². The Hall–Kier alpha value is -1.90. The number of fused-ring (bicyclic) bond motifs is 1. The van der Waals surface area contributed by atoms with E-state index in [0.29, 0.717) is 17.1 Å². The molecule has 4 nitrogen and oxygen atoms in total. The summed E-state index contributed by atoms with van der Waals surface area (Å²) in [4.78, 5) is 10.5. The molecule has 0 saturated carbocycles. The summed E-state index contributed by atoms with van der Waals surface area (Å²) in [7, 11) is 0. The van der Waals surface area contributed by atoms with Gasteiger partial charge in [0.25, 0.3) is 0 Å². The summed E-state index contributed by atoms with van der Waals surface area (Å²) in [6.45, 7) is 5.63. The van der Waals surface area contributed by atoms with Crippen LogP contribution in [-0.4, -0.2) is 35.6 Å². The van der Waals surface area contributed by atoms with E-state index >= 15 is 0 Å². The van der Waals surface area contributed by atoms with Crippen molar-refractivity contribution < 1.29 is 0 Å². The molecule has 0 spiro atoms. The third kappa shape index (κ3) is 2.81. The van der Waals surface area contributed by atoms with Crippen molar-refractivity contribution in [2.24, 2.45) is 0 Å². The number of nitrogens with zero attached hydrogens (tertiary/aromatic N) is 4. The van der Waals surface area contributed by atoms with Crippen molar-refractivity contribution in [3.8, 4) is 6.07 Å². The van der Waals surface area contributed by atoms with Gasteiger partial charge in [0.2, 0.25) is 0 Å². The Morgan fingerprint density at radius 3 is 2.79 bits per heavy atom. The van der Waals surface area contributed by atoms with Crippen LogP contribution in [0.5, 0.6) is 0 Å². The monoisotopic (exact) mass is 338 g/mol. The van der Waals surface area contributed by atoms with E-state index in [0.717, 1.165) is 13.1 Å². The number of likely N-dealkylation sites (tertiary alicyclic amines) is 1. The number of aromatic nitrogens is 1. The Kier molecular flexibility index (Phi) is 4.26. The molecule has 0 amide bonds. The maximum atomic E-state index is 8.96. The van der Waals surface area contributed by atoms with Gasteiger partial charge in [-0.2, -0.15) is 5.26 Å². The SMILES string of the molecule is CC(c1cnc(C#N)s1)N1CCC(N2CCc3ccccc32)CC1. The molecule has 2 aromatic rings. The average molecular weight is 338 g/mol. The van der Waals surface area contributed by atoms with E-state index < -0.39 is 0 Å². The fraction of sp³-hybridized carbons (Fsp3) is 0.474. The van der Waals surface area contributed by atoms with E-state index in [4.69, 9.17) is 5.26 Å². The van der Waals surface area contributed by atoms with Gasteiger partial charge >= 0.3 is 0 Å². The van der Waals surface area contributed by atoms with Crippen LogP contribution in [0.2, 0.25) is 0 Å². The number of benzene rings is 1. The molecule has 124 valence electrons. The van der Waals surface area contributed by atoms with Gasteiger partial charge in [-0.3, -0.25) is 4.90 Å². The van der Waals surface area contributed by atoms with Gasteiger partial charge in [-0.1, -0.05) is 18.2 Å². The maximum absolute atomic E-state index is 8.96. The molecule has 1 unspecified atom stereocenters. The van der Waals surface area contributed by atoms with E-state index in [2.05, 4.69) is 52.0 Å². The third-order valence-corrected chi connectivity index (χ3v) is 6.51. The number of nitriles is 1. The second kappa shape index (κ2) is 6.54. The van der Waals surface area contributed by atoms with E-state index in [9.17, 15) is 0 Å². The predicted octanol–water partition coefficient (Wildman–Crippen LogP) is 3.60. The highest BCUT2D eigenvalue weighted by molar-refractivity contribution is 7.12. The highest BCUT2D eigenvalue weighted by Crippen LogP contribution is 2.34. The van der Waals surface area contributed by atoms with Crippen molar-refractivity contribution in [1.82, 2.24) is 9.88 Å². The van der Waals surface area contributed by atoms with E-state index in [1.165, 1.54) is 53.3 Å². The Labute approximate surface area is 147 Å². The topological polar surface area (TPSA) is 43.2 Å². The third-order valence-electron chi connectivity index (χ3n) is 5.44. The Balaban J connectivity index is 1.40.